The Morgan fingerprint density at radius 3 is 2.00 bits per heavy atom. The van der Waals surface area contributed by atoms with Crippen molar-refractivity contribution in [3.8, 4) is 0 Å². The van der Waals surface area contributed by atoms with Crippen LogP contribution in [0.4, 0.5) is 8.78 Å². The second kappa shape index (κ2) is 2.24. The molecule has 0 N–H and O–H groups in total. The van der Waals surface area contributed by atoms with Crippen LogP contribution >= 0.6 is 0 Å². The molecule has 3 atom stereocenters. The lowest BCUT2D eigenvalue weighted by molar-refractivity contribution is -0.0214. The molecule has 1 fully saturated rings. The van der Waals surface area contributed by atoms with Gasteiger partial charge in [-0.1, -0.05) is 13.8 Å². The van der Waals surface area contributed by atoms with Gasteiger partial charge in [-0.3, -0.25) is 0 Å². The molecule has 0 spiro atoms. The highest BCUT2D eigenvalue weighted by Gasteiger charge is 2.43. The largest absolute Gasteiger partial charge is 0.244 e. The summed E-state index contributed by atoms with van der Waals surface area (Å²) in [7, 11) is 0. The Morgan fingerprint density at radius 2 is 1.89 bits per heavy atom. The zero-order valence-electron chi connectivity index (χ0n) is 5.77. The van der Waals surface area contributed by atoms with E-state index in [-0.39, 0.29) is 5.92 Å². The highest BCUT2D eigenvalue weighted by atomic mass is 19.2. The van der Waals surface area contributed by atoms with E-state index in [9.17, 15) is 8.78 Å². The summed E-state index contributed by atoms with van der Waals surface area (Å²) in [6.45, 7) is 3.87. The van der Waals surface area contributed by atoms with Crippen LogP contribution in [0.5, 0.6) is 0 Å². The molecule has 1 saturated carbocycles. The molecule has 1 aliphatic carbocycles. The fraction of sp³-hybridized carbons (Fsp3) is 1.00. The van der Waals surface area contributed by atoms with Crippen molar-refractivity contribution in [2.75, 3.05) is 0 Å². The van der Waals surface area contributed by atoms with Gasteiger partial charge in [0, 0.05) is 0 Å². The molecule has 1 rings (SSSR count). The smallest absolute Gasteiger partial charge is 0.134 e. The van der Waals surface area contributed by atoms with Crippen LogP contribution < -0.4 is 0 Å². The summed E-state index contributed by atoms with van der Waals surface area (Å²) in [5.41, 5.74) is 0. The number of halogens is 2. The topological polar surface area (TPSA) is 0 Å². The Morgan fingerprint density at radius 1 is 1.33 bits per heavy atom. The fourth-order valence-electron chi connectivity index (χ4n) is 1.23. The zero-order chi connectivity index (χ0) is 7.02. The van der Waals surface area contributed by atoms with Gasteiger partial charge in [0.2, 0.25) is 0 Å². The first kappa shape index (κ1) is 6.97. The molecule has 3 unspecified atom stereocenters. The summed E-state index contributed by atoms with van der Waals surface area (Å²) < 4.78 is 24.6. The minimum absolute atomic E-state index is 0.0139. The summed E-state index contributed by atoms with van der Waals surface area (Å²) in [4.78, 5) is 0. The Labute approximate surface area is 54.3 Å². The Kier molecular flexibility index (Phi) is 1.73. The van der Waals surface area contributed by atoms with E-state index in [2.05, 4.69) is 0 Å². The zero-order valence-corrected chi connectivity index (χ0v) is 5.77. The maximum atomic E-state index is 12.5. The fourth-order valence-corrected chi connectivity index (χ4v) is 1.23. The normalized spacial score (nSPS) is 43.0. The minimum atomic E-state index is -1.18. The molecule has 0 radical (unpaired) electrons. The van der Waals surface area contributed by atoms with E-state index in [1.165, 1.54) is 0 Å². The average molecular weight is 134 g/mol. The van der Waals surface area contributed by atoms with E-state index in [1.54, 1.807) is 0 Å². The first-order valence-electron chi connectivity index (χ1n) is 3.41. The maximum absolute atomic E-state index is 12.5. The van der Waals surface area contributed by atoms with Crippen LogP contribution in [0.3, 0.4) is 0 Å². The predicted octanol–water partition coefficient (Wildman–Crippen LogP) is 2.34. The molecule has 0 bridgehead atoms. The van der Waals surface area contributed by atoms with Crippen LogP contribution in [0.2, 0.25) is 0 Å². The van der Waals surface area contributed by atoms with Gasteiger partial charge in [0.05, 0.1) is 0 Å². The van der Waals surface area contributed by atoms with Gasteiger partial charge in [0.25, 0.3) is 0 Å². The lowest BCUT2D eigenvalue weighted by atomic mass is 9.74. The average Bonchev–Trinajstić information content (AvgIpc) is 1.81. The van der Waals surface area contributed by atoms with E-state index in [0.717, 1.165) is 0 Å². The van der Waals surface area contributed by atoms with E-state index in [1.807, 2.05) is 13.8 Å². The van der Waals surface area contributed by atoms with Gasteiger partial charge in [-0.15, -0.1) is 0 Å². The van der Waals surface area contributed by atoms with Gasteiger partial charge in [-0.05, 0) is 18.3 Å². The van der Waals surface area contributed by atoms with Crippen LogP contribution in [-0.2, 0) is 0 Å². The summed E-state index contributed by atoms with van der Waals surface area (Å²) in [6, 6.07) is 0. The van der Waals surface area contributed by atoms with Crippen molar-refractivity contribution in [3.05, 3.63) is 0 Å². The molecule has 2 heteroatoms. The second-order valence-corrected chi connectivity index (χ2v) is 3.10. The monoisotopic (exact) mass is 134 g/mol. The lowest BCUT2D eigenvalue weighted by Gasteiger charge is -2.36. The summed E-state index contributed by atoms with van der Waals surface area (Å²) >= 11 is 0. The Hall–Kier alpha value is -0.140. The highest BCUT2D eigenvalue weighted by Crippen LogP contribution is 2.38. The molecular formula is C7H12F2. The molecule has 0 aliphatic heterocycles. The van der Waals surface area contributed by atoms with Gasteiger partial charge in [-0.2, -0.15) is 0 Å². The number of hydrogen-bond donors (Lipinski definition) is 0. The second-order valence-electron chi connectivity index (χ2n) is 3.10. The maximum Gasteiger partial charge on any atom is 0.134 e. The molecule has 0 heterocycles. The van der Waals surface area contributed by atoms with Crippen LogP contribution in [0, 0.1) is 11.8 Å². The number of hydrogen-bond acceptors (Lipinski definition) is 0. The molecule has 54 valence electrons. The van der Waals surface area contributed by atoms with Crippen molar-refractivity contribution in [1.82, 2.24) is 0 Å². The lowest BCUT2D eigenvalue weighted by Crippen LogP contribution is -2.43. The van der Waals surface area contributed by atoms with Crippen molar-refractivity contribution in [1.29, 1.82) is 0 Å². The molecule has 0 nitrogen and oxygen atoms in total. The van der Waals surface area contributed by atoms with Gasteiger partial charge in [-0.25, -0.2) is 8.78 Å². The van der Waals surface area contributed by atoms with Crippen LogP contribution in [0.25, 0.3) is 0 Å². The van der Waals surface area contributed by atoms with E-state index < -0.39 is 12.3 Å². The van der Waals surface area contributed by atoms with Crippen LogP contribution in [0.15, 0.2) is 0 Å². The molecule has 0 amide bonds. The third-order valence-electron chi connectivity index (χ3n) is 2.11. The predicted molar refractivity (Wildman–Crippen MR) is 32.7 cm³/mol. The van der Waals surface area contributed by atoms with Gasteiger partial charge in [0.15, 0.2) is 0 Å². The van der Waals surface area contributed by atoms with Crippen molar-refractivity contribution < 1.29 is 8.78 Å². The van der Waals surface area contributed by atoms with Crippen molar-refractivity contribution in [3.63, 3.8) is 0 Å². The van der Waals surface area contributed by atoms with Crippen molar-refractivity contribution in [2.24, 2.45) is 11.8 Å². The van der Waals surface area contributed by atoms with Crippen LogP contribution in [-0.4, -0.2) is 12.3 Å². The van der Waals surface area contributed by atoms with Crippen molar-refractivity contribution in [2.45, 2.75) is 32.6 Å². The summed E-state index contributed by atoms with van der Waals surface area (Å²) in [6.07, 6.45) is -1.92. The highest BCUT2D eigenvalue weighted by molar-refractivity contribution is 4.91. The molecule has 0 aromatic carbocycles. The Bertz CT molecular complexity index is 101. The van der Waals surface area contributed by atoms with Gasteiger partial charge in [0.1, 0.15) is 12.3 Å². The quantitative estimate of drug-likeness (QED) is 0.516. The summed E-state index contributed by atoms with van der Waals surface area (Å²) in [5, 5.41) is 0. The molecular weight excluding hydrogens is 122 g/mol. The molecule has 0 aromatic rings. The van der Waals surface area contributed by atoms with Gasteiger partial charge >= 0.3 is 0 Å². The molecule has 1 aliphatic rings. The minimum Gasteiger partial charge on any atom is -0.244 e. The standard InChI is InChI=1S/C7H12F2/c1-4(2)5-3-6(8)7(5)9/h4-7H,3H2,1-2H3. The third kappa shape index (κ3) is 1.07. The molecule has 9 heavy (non-hydrogen) atoms. The van der Waals surface area contributed by atoms with E-state index >= 15 is 0 Å². The first-order chi connectivity index (χ1) is 4.13. The first-order valence-corrected chi connectivity index (χ1v) is 3.41. The SMILES string of the molecule is CC(C)C1CC(F)C1F. The third-order valence-corrected chi connectivity index (χ3v) is 2.11. The van der Waals surface area contributed by atoms with E-state index in [4.69, 9.17) is 0 Å². The van der Waals surface area contributed by atoms with Crippen LogP contribution in [0.1, 0.15) is 20.3 Å². The molecule has 0 saturated heterocycles. The van der Waals surface area contributed by atoms with Crippen molar-refractivity contribution >= 4 is 0 Å². The Balaban J connectivity index is 2.33. The molecule has 0 aromatic heterocycles. The number of rotatable bonds is 1. The van der Waals surface area contributed by atoms with Gasteiger partial charge < -0.3 is 0 Å². The number of alkyl halides is 2. The van der Waals surface area contributed by atoms with E-state index in [0.29, 0.717) is 12.3 Å². The summed E-state index contributed by atoms with van der Waals surface area (Å²) in [5.74, 6) is 0.284.